The second-order valence-corrected chi connectivity index (χ2v) is 7.83. The third-order valence-corrected chi connectivity index (χ3v) is 5.66. The summed E-state index contributed by atoms with van der Waals surface area (Å²) in [6.45, 7) is 0.387. The van der Waals surface area contributed by atoms with Crippen LogP contribution in [-0.4, -0.2) is 13.0 Å². The molecule has 0 aliphatic heterocycles. The fourth-order valence-corrected chi connectivity index (χ4v) is 3.94. The summed E-state index contributed by atoms with van der Waals surface area (Å²) in [6.07, 6.45) is 3.08. The first kappa shape index (κ1) is 20.3. The predicted molar refractivity (Wildman–Crippen MR) is 118 cm³/mol. The molecule has 0 saturated carbocycles. The molecule has 1 N–H and O–H groups in total. The zero-order valence-electron chi connectivity index (χ0n) is 16.9. The molecular formula is C25H24ClNO3. The lowest BCUT2D eigenvalue weighted by atomic mass is 9.87. The van der Waals surface area contributed by atoms with Gasteiger partial charge >= 0.3 is 0 Å². The molecule has 4 rings (SSSR count). The Labute approximate surface area is 181 Å². The minimum atomic E-state index is -0.112. The zero-order chi connectivity index (χ0) is 20.9. The number of hydrogen-bond donors (Lipinski definition) is 1. The van der Waals surface area contributed by atoms with Gasteiger partial charge in [0.15, 0.2) is 11.5 Å². The van der Waals surface area contributed by atoms with Crippen LogP contribution in [0.2, 0.25) is 5.02 Å². The van der Waals surface area contributed by atoms with Crippen LogP contribution in [0.3, 0.4) is 0 Å². The van der Waals surface area contributed by atoms with Crippen molar-refractivity contribution in [3.8, 4) is 11.5 Å². The lowest BCUT2D eigenvalue weighted by Crippen LogP contribution is -2.31. The van der Waals surface area contributed by atoms with Gasteiger partial charge in [0.25, 0.3) is 5.91 Å². The van der Waals surface area contributed by atoms with Crippen LogP contribution in [0.15, 0.2) is 66.7 Å². The summed E-state index contributed by atoms with van der Waals surface area (Å²) in [5.41, 5.74) is 4.08. The predicted octanol–water partition coefficient (Wildman–Crippen LogP) is 5.74. The highest BCUT2D eigenvalue weighted by Gasteiger charge is 2.22. The molecule has 0 heterocycles. The van der Waals surface area contributed by atoms with Crippen LogP contribution in [0.4, 0.5) is 0 Å². The third kappa shape index (κ3) is 4.60. The molecule has 0 aromatic heterocycles. The molecule has 4 nitrogen and oxygen atoms in total. The Morgan fingerprint density at radius 2 is 1.87 bits per heavy atom. The zero-order valence-corrected chi connectivity index (χ0v) is 17.6. The number of amides is 1. The van der Waals surface area contributed by atoms with E-state index in [4.69, 9.17) is 21.1 Å². The quantitative estimate of drug-likeness (QED) is 0.552. The van der Waals surface area contributed by atoms with E-state index >= 15 is 0 Å². The molecule has 1 atom stereocenters. The van der Waals surface area contributed by atoms with Gasteiger partial charge in [0.2, 0.25) is 0 Å². The molecule has 0 spiro atoms. The minimum Gasteiger partial charge on any atom is -0.493 e. The second-order valence-electron chi connectivity index (χ2n) is 7.40. The lowest BCUT2D eigenvalue weighted by molar-refractivity contribution is 0.0932. The van der Waals surface area contributed by atoms with Crippen LogP contribution in [0, 0.1) is 0 Å². The molecule has 0 bridgehead atoms. The van der Waals surface area contributed by atoms with E-state index in [2.05, 4.69) is 23.5 Å². The number of halogens is 1. The molecule has 0 fully saturated rings. The van der Waals surface area contributed by atoms with Crippen molar-refractivity contribution in [2.75, 3.05) is 7.11 Å². The minimum absolute atomic E-state index is 0.0364. The summed E-state index contributed by atoms with van der Waals surface area (Å²) in [5, 5.41) is 3.86. The Morgan fingerprint density at radius 3 is 2.67 bits per heavy atom. The first-order chi connectivity index (χ1) is 14.6. The number of methoxy groups -OCH3 is 1. The van der Waals surface area contributed by atoms with E-state index in [1.807, 2.05) is 30.3 Å². The van der Waals surface area contributed by atoms with E-state index in [1.165, 1.54) is 11.1 Å². The fraction of sp³-hybridized carbons (Fsp3) is 0.240. The van der Waals surface area contributed by atoms with E-state index < -0.39 is 0 Å². The third-order valence-electron chi connectivity index (χ3n) is 5.41. The van der Waals surface area contributed by atoms with E-state index in [-0.39, 0.29) is 11.9 Å². The molecule has 154 valence electrons. The highest BCUT2D eigenvalue weighted by Crippen LogP contribution is 2.31. The maximum absolute atomic E-state index is 12.9. The summed E-state index contributed by atoms with van der Waals surface area (Å²) in [4.78, 5) is 12.9. The van der Waals surface area contributed by atoms with Crippen LogP contribution in [0.1, 0.15) is 45.9 Å². The first-order valence-corrected chi connectivity index (χ1v) is 10.5. The molecule has 0 saturated heterocycles. The van der Waals surface area contributed by atoms with Gasteiger partial charge in [-0.25, -0.2) is 0 Å². The molecule has 0 unspecified atom stereocenters. The van der Waals surface area contributed by atoms with Crippen molar-refractivity contribution in [1.82, 2.24) is 5.32 Å². The fourth-order valence-electron chi connectivity index (χ4n) is 3.82. The summed E-state index contributed by atoms with van der Waals surface area (Å²) in [7, 11) is 1.57. The van der Waals surface area contributed by atoms with Gasteiger partial charge in [0.05, 0.1) is 13.2 Å². The van der Waals surface area contributed by atoms with Crippen molar-refractivity contribution in [1.29, 1.82) is 0 Å². The summed E-state index contributed by atoms with van der Waals surface area (Å²) >= 11 is 5.92. The Balaban J connectivity index is 1.46. The van der Waals surface area contributed by atoms with E-state index in [1.54, 1.807) is 25.3 Å². The Kier molecular flexibility index (Phi) is 6.24. The van der Waals surface area contributed by atoms with Crippen molar-refractivity contribution < 1.29 is 14.3 Å². The molecule has 1 aliphatic carbocycles. The highest BCUT2D eigenvalue weighted by atomic mass is 35.5. The van der Waals surface area contributed by atoms with Gasteiger partial charge in [-0.15, -0.1) is 0 Å². The average Bonchev–Trinajstić information content (AvgIpc) is 2.79. The number of fused-ring (bicyclic) bond motifs is 1. The summed E-state index contributed by atoms with van der Waals surface area (Å²) in [5.74, 6) is 1.01. The number of hydrogen-bond acceptors (Lipinski definition) is 3. The van der Waals surface area contributed by atoms with Gasteiger partial charge in [0.1, 0.15) is 6.61 Å². The van der Waals surface area contributed by atoms with Gasteiger partial charge in [-0.05, 0) is 66.3 Å². The number of benzene rings is 3. The van der Waals surface area contributed by atoms with Gasteiger partial charge in [-0.2, -0.15) is 0 Å². The Morgan fingerprint density at radius 1 is 1.07 bits per heavy atom. The van der Waals surface area contributed by atoms with Crippen molar-refractivity contribution in [2.45, 2.75) is 31.9 Å². The standard InChI is InChI=1S/C25H24ClNO3/c1-29-24-15-19(11-14-23(24)30-16-17-9-12-20(26)13-10-17)25(28)27-22-8-4-6-18-5-2-3-7-21(18)22/h2-3,5,7,9-15,22H,4,6,8,16H2,1H3,(H,27,28)/t22-/m1/s1. The van der Waals surface area contributed by atoms with Gasteiger partial charge in [0, 0.05) is 10.6 Å². The SMILES string of the molecule is COc1cc(C(=O)N[C@@H]2CCCc3ccccc32)ccc1OCc1ccc(Cl)cc1. The number of nitrogens with one attached hydrogen (secondary N) is 1. The molecule has 1 amide bonds. The second kappa shape index (κ2) is 9.23. The smallest absolute Gasteiger partial charge is 0.251 e. The van der Waals surface area contributed by atoms with Crippen LogP contribution >= 0.6 is 11.6 Å². The number of ether oxygens (including phenoxy) is 2. The lowest BCUT2D eigenvalue weighted by Gasteiger charge is -2.26. The van der Waals surface area contributed by atoms with E-state index in [9.17, 15) is 4.79 Å². The van der Waals surface area contributed by atoms with Crippen LogP contribution in [0.25, 0.3) is 0 Å². The largest absolute Gasteiger partial charge is 0.493 e. The highest BCUT2D eigenvalue weighted by molar-refractivity contribution is 6.30. The molecule has 30 heavy (non-hydrogen) atoms. The van der Waals surface area contributed by atoms with Crippen molar-refractivity contribution in [3.63, 3.8) is 0 Å². The molecule has 3 aromatic carbocycles. The van der Waals surface area contributed by atoms with E-state index in [0.29, 0.717) is 28.7 Å². The number of aryl methyl sites for hydroxylation is 1. The Bertz CT molecular complexity index is 1030. The molecule has 3 aromatic rings. The number of carbonyl (C=O) groups is 1. The Hall–Kier alpha value is -2.98. The van der Waals surface area contributed by atoms with Crippen LogP contribution < -0.4 is 14.8 Å². The molecule has 5 heteroatoms. The van der Waals surface area contributed by atoms with Gasteiger partial charge in [-0.3, -0.25) is 4.79 Å². The molecular weight excluding hydrogens is 398 g/mol. The first-order valence-electron chi connectivity index (χ1n) is 10.1. The van der Waals surface area contributed by atoms with Gasteiger partial charge < -0.3 is 14.8 Å². The summed E-state index contributed by atoms with van der Waals surface area (Å²) in [6, 6.07) is 21.1. The van der Waals surface area contributed by atoms with Crippen molar-refractivity contribution >= 4 is 17.5 Å². The maximum atomic E-state index is 12.9. The normalized spacial score (nSPS) is 15.2. The van der Waals surface area contributed by atoms with Crippen molar-refractivity contribution in [2.24, 2.45) is 0 Å². The van der Waals surface area contributed by atoms with Crippen LogP contribution in [-0.2, 0) is 13.0 Å². The average molecular weight is 422 g/mol. The molecule has 0 radical (unpaired) electrons. The van der Waals surface area contributed by atoms with Gasteiger partial charge in [-0.1, -0.05) is 48.0 Å². The monoisotopic (exact) mass is 421 g/mol. The molecule has 1 aliphatic rings. The van der Waals surface area contributed by atoms with E-state index in [0.717, 1.165) is 24.8 Å². The topological polar surface area (TPSA) is 47.6 Å². The maximum Gasteiger partial charge on any atom is 0.251 e. The number of carbonyl (C=O) groups excluding carboxylic acids is 1. The van der Waals surface area contributed by atoms with Crippen LogP contribution in [0.5, 0.6) is 11.5 Å². The number of rotatable bonds is 6. The summed E-state index contributed by atoms with van der Waals surface area (Å²) < 4.78 is 11.3. The van der Waals surface area contributed by atoms with Crippen molar-refractivity contribution in [3.05, 3.63) is 94.0 Å².